The largest absolute Gasteiger partial charge is 0.477 e. The van der Waals surface area contributed by atoms with E-state index in [-0.39, 0.29) is 35.1 Å². The molecular formula is C13H11ClN4O5. The second-order valence-electron chi connectivity index (χ2n) is 4.46. The summed E-state index contributed by atoms with van der Waals surface area (Å²) in [4.78, 5) is 32.8. The number of benzene rings is 1. The minimum absolute atomic E-state index is 0.0221. The number of non-ortho nitro benzene ring substituents is 1. The molecule has 1 amide bonds. The first-order valence-electron chi connectivity index (χ1n) is 6.37. The number of hydrogen-bond donors (Lipinski definition) is 2. The van der Waals surface area contributed by atoms with Crippen molar-refractivity contribution in [2.24, 2.45) is 0 Å². The van der Waals surface area contributed by atoms with Gasteiger partial charge in [0.25, 0.3) is 5.69 Å². The smallest absolute Gasteiger partial charge is 0.354 e. The van der Waals surface area contributed by atoms with Crippen molar-refractivity contribution in [3.8, 4) is 0 Å². The molecule has 0 radical (unpaired) electrons. The van der Waals surface area contributed by atoms with E-state index in [0.717, 1.165) is 6.07 Å². The Bertz CT molecular complexity index is 773. The van der Waals surface area contributed by atoms with Crippen LogP contribution in [0, 0.1) is 10.1 Å². The summed E-state index contributed by atoms with van der Waals surface area (Å²) in [6.45, 7) is 0.0745. The molecule has 120 valence electrons. The lowest BCUT2D eigenvalue weighted by Gasteiger charge is -2.08. The minimum Gasteiger partial charge on any atom is -0.477 e. The van der Waals surface area contributed by atoms with Crippen molar-refractivity contribution in [2.45, 2.75) is 13.0 Å². The standard InChI is InChI=1S/C13H11ClN4O5/c14-9-7-8(18(22)23)1-2-10(9)16-12(19)4-6-17-11(13(20)21)3-5-15-17/h1-3,5,7H,4,6H2,(H,16,19)(H,20,21). The SMILES string of the molecule is O=C(CCn1nccc1C(=O)O)Nc1ccc([N+](=O)[O-])cc1Cl. The molecule has 10 heteroatoms. The monoisotopic (exact) mass is 338 g/mol. The Kier molecular flexibility index (Phi) is 4.91. The van der Waals surface area contributed by atoms with Crippen molar-refractivity contribution in [1.82, 2.24) is 9.78 Å². The summed E-state index contributed by atoms with van der Waals surface area (Å²) >= 11 is 5.87. The van der Waals surface area contributed by atoms with Crippen LogP contribution in [0.25, 0.3) is 0 Å². The van der Waals surface area contributed by atoms with Gasteiger partial charge in [-0.05, 0) is 12.1 Å². The maximum Gasteiger partial charge on any atom is 0.354 e. The van der Waals surface area contributed by atoms with E-state index in [0.29, 0.717) is 0 Å². The van der Waals surface area contributed by atoms with E-state index in [2.05, 4.69) is 10.4 Å². The van der Waals surface area contributed by atoms with Gasteiger partial charge in [-0.25, -0.2) is 4.79 Å². The number of nitrogens with one attached hydrogen (secondary N) is 1. The third kappa shape index (κ3) is 4.04. The number of nitrogens with zero attached hydrogens (tertiary/aromatic N) is 3. The summed E-state index contributed by atoms with van der Waals surface area (Å²) in [5, 5.41) is 25.9. The highest BCUT2D eigenvalue weighted by Gasteiger charge is 2.14. The number of carboxylic acid groups (broad SMARTS) is 1. The van der Waals surface area contributed by atoms with Crippen molar-refractivity contribution >= 4 is 34.9 Å². The van der Waals surface area contributed by atoms with Crippen molar-refractivity contribution in [1.29, 1.82) is 0 Å². The van der Waals surface area contributed by atoms with Crippen LogP contribution in [-0.2, 0) is 11.3 Å². The third-order valence-corrected chi connectivity index (χ3v) is 3.24. The van der Waals surface area contributed by atoms with Crippen LogP contribution >= 0.6 is 11.6 Å². The fourth-order valence-electron chi connectivity index (χ4n) is 1.83. The maximum atomic E-state index is 11.9. The van der Waals surface area contributed by atoms with Crippen LogP contribution in [0.2, 0.25) is 5.02 Å². The zero-order valence-corrected chi connectivity index (χ0v) is 12.4. The fourth-order valence-corrected chi connectivity index (χ4v) is 2.05. The lowest BCUT2D eigenvalue weighted by Crippen LogP contribution is -2.17. The van der Waals surface area contributed by atoms with Gasteiger partial charge in [0.2, 0.25) is 5.91 Å². The van der Waals surface area contributed by atoms with Crippen molar-refractivity contribution in [3.63, 3.8) is 0 Å². The highest BCUT2D eigenvalue weighted by Crippen LogP contribution is 2.26. The molecule has 0 aliphatic heterocycles. The molecule has 0 unspecified atom stereocenters. The molecule has 2 rings (SSSR count). The van der Waals surface area contributed by atoms with E-state index in [1.807, 2.05) is 0 Å². The van der Waals surface area contributed by atoms with Gasteiger partial charge >= 0.3 is 5.97 Å². The molecule has 2 aromatic rings. The van der Waals surface area contributed by atoms with E-state index in [9.17, 15) is 19.7 Å². The van der Waals surface area contributed by atoms with Crippen molar-refractivity contribution in [3.05, 3.63) is 51.3 Å². The summed E-state index contributed by atoms with van der Waals surface area (Å²) in [5.74, 6) is -1.56. The van der Waals surface area contributed by atoms with Gasteiger partial charge in [0.15, 0.2) is 0 Å². The molecular weight excluding hydrogens is 328 g/mol. The number of carboxylic acids is 1. The summed E-state index contributed by atoms with van der Waals surface area (Å²) < 4.78 is 1.19. The number of amides is 1. The Labute approximate surface area is 134 Å². The highest BCUT2D eigenvalue weighted by atomic mass is 35.5. The summed E-state index contributed by atoms with van der Waals surface area (Å²) in [6, 6.07) is 5.01. The van der Waals surface area contributed by atoms with Gasteiger partial charge in [0.1, 0.15) is 5.69 Å². The van der Waals surface area contributed by atoms with Gasteiger partial charge < -0.3 is 10.4 Å². The van der Waals surface area contributed by atoms with Gasteiger partial charge in [-0.3, -0.25) is 19.6 Å². The average Bonchev–Trinajstić information content (AvgIpc) is 2.95. The predicted molar refractivity (Wildman–Crippen MR) is 80.5 cm³/mol. The zero-order valence-electron chi connectivity index (χ0n) is 11.6. The molecule has 9 nitrogen and oxygen atoms in total. The number of aryl methyl sites for hydroxylation is 1. The first kappa shape index (κ1) is 16.4. The molecule has 23 heavy (non-hydrogen) atoms. The van der Waals surface area contributed by atoms with Crippen molar-refractivity contribution < 1.29 is 19.6 Å². The lowest BCUT2D eigenvalue weighted by molar-refractivity contribution is -0.384. The molecule has 0 fully saturated rings. The number of halogens is 1. The first-order valence-corrected chi connectivity index (χ1v) is 6.75. The Hall–Kier alpha value is -2.94. The predicted octanol–water partition coefficient (Wildman–Crippen LogP) is 2.17. The van der Waals surface area contributed by atoms with Crippen LogP contribution < -0.4 is 5.32 Å². The van der Waals surface area contributed by atoms with Gasteiger partial charge in [-0.2, -0.15) is 5.10 Å². The second-order valence-corrected chi connectivity index (χ2v) is 4.87. The lowest BCUT2D eigenvalue weighted by atomic mass is 10.2. The molecule has 1 aromatic carbocycles. The van der Waals surface area contributed by atoms with Crippen LogP contribution in [0.15, 0.2) is 30.5 Å². The minimum atomic E-state index is -1.14. The molecule has 0 spiro atoms. The molecule has 2 N–H and O–H groups in total. The number of carbonyl (C=O) groups excluding carboxylic acids is 1. The number of hydrogen-bond acceptors (Lipinski definition) is 5. The first-order chi connectivity index (χ1) is 10.9. The number of nitro groups is 1. The molecule has 0 aliphatic carbocycles. The number of carbonyl (C=O) groups is 2. The number of anilines is 1. The number of rotatable bonds is 6. The van der Waals surface area contributed by atoms with Crippen LogP contribution in [-0.4, -0.2) is 31.7 Å². The maximum absolute atomic E-state index is 11.9. The Balaban J connectivity index is 1.98. The topological polar surface area (TPSA) is 127 Å². The van der Waals surface area contributed by atoms with Crippen LogP contribution in [0.3, 0.4) is 0 Å². The highest BCUT2D eigenvalue weighted by molar-refractivity contribution is 6.33. The van der Waals surface area contributed by atoms with E-state index in [1.54, 1.807) is 0 Å². The van der Waals surface area contributed by atoms with Gasteiger partial charge in [0.05, 0.1) is 22.2 Å². The van der Waals surface area contributed by atoms with E-state index < -0.39 is 16.8 Å². The number of aromatic nitrogens is 2. The quantitative estimate of drug-likeness (QED) is 0.613. The fraction of sp³-hybridized carbons (Fsp3) is 0.154. The Morgan fingerprint density at radius 2 is 2.13 bits per heavy atom. The normalized spacial score (nSPS) is 10.3. The Morgan fingerprint density at radius 3 is 2.74 bits per heavy atom. The molecule has 1 aromatic heterocycles. The average molecular weight is 339 g/mol. The van der Waals surface area contributed by atoms with Crippen LogP contribution in [0.4, 0.5) is 11.4 Å². The Morgan fingerprint density at radius 1 is 1.39 bits per heavy atom. The van der Waals surface area contributed by atoms with E-state index in [4.69, 9.17) is 16.7 Å². The second kappa shape index (κ2) is 6.88. The van der Waals surface area contributed by atoms with E-state index in [1.165, 1.54) is 29.1 Å². The molecule has 0 saturated carbocycles. The van der Waals surface area contributed by atoms with Gasteiger partial charge in [0, 0.05) is 24.8 Å². The summed E-state index contributed by atoms with van der Waals surface area (Å²) in [6.07, 6.45) is 1.30. The van der Waals surface area contributed by atoms with Crippen LogP contribution in [0.1, 0.15) is 16.9 Å². The number of aromatic carboxylic acids is 1. The molecule has 0 saturated heterocycles. The zero-order chi connectivity index (χ0) is 17.0. The van der Waals surface area contributed by atoms with Gasteiger partial charge in [-0.15, -0.1) is 0 Å². The van der Waals surface area contributed by atoms with Crippen LogP contribution in [0.5, 0.6) is 0 Å². The third-order valence-electron chi connectivity index (χ3n) is 2.92. The molecule has 0 bridgehead atoms. The van der Waals surface area contributed by atoms with E-state index >= 15 is 0 Å². The summed E-state index contributed by atoms with van der Waals surface area (Å²) in [5.41, 5.74) is 0.0306. The van der Waals surface area contributed by atoms with Crippen molar-refractivity contribution in [2.75, 3.05) is 5.32 Å². The molecule has 0 aliphatic rings. The van der Waals surface area contributed by atoms with Gasteiger partial charge in [-0.1, -0.05) is 11.6 Å². The molecule has 0 atom stereocenters. The number of nitro benzene ring substituents is 1. The molecule has 1 heterocycles. The summed E-state index contributed by atoms with van der Waals surface area (Å²) in [7, 11) is 0.